The molecule has 8 nitrogen and oxygen atoms in total. The molecule has 1 amide bonds. The number of para-hydroxylation sites is 1. The van der Waals surface area contributed by atoms with Crippen LogP contribution < -0.4 is 10.0 Å². The number of carbonyl (C=O) groups excluding carboxylic acids is 2. The summed E-state index contributed by atoms with van der Waals surface area (Å²) in [7, 11) is -3.60. The summed E-state index contributed by atoms with van der Waals surface area (Å²) in [4.78, 5) is 28.4. The fourth-order valence-electron chi connectivity index (χ4n) is 1.95. The number of nitrogens with one attached hydrogen (secondary N) is 2. The van der Waals surface area contributed by atoms with Gasteiger partial charge in [0.25, 0.3) is 5.91 Å². The molecule has 0 bridgehead atoms. The first-order chi connectivity index (χ1) is 12.6. The van der Waals surface area contributed by atoms with Gasteiger partial charge in [0.15, 0.2) is 11.9 Å². The van der Waals surface area contributed by atoms with E-state index in [0.717, 1.165) is 6.26 Å². The van der Waals surface area contributed by atoms with E-state index in [4.69, 9.17) is 27.9 Å². The van der Waals surface area contributed by atoms with Gasteiger partial charge in [0, 0.05) is 6.20 Å². The minimum atomic E-state index is -3.60. The zero-order chi connectivity index (χ0) is 20.2. The molecule has 1 heterocycles. The molecule has 2 rings (SSSR count). The van der Waals surface area contributed by atoms with E-state index in [1.54, 1.807) is 6.07 Å². The first-order valence-corrected chi connectivity index (χ1v) is 10.1. The fraction of sp³-hybridized carbons (Fsp3) is 0.188. The molecule has 2 aromatic rings. The molecular weight excluding hydrogens is 417 g/mol. The number of esters is 1. The van der Waals surface area contributed by atoms with Gasteiger partial charge in [0.05, 0.1) is 27.6 Å². The van der Waals surface area contributed by atoms with Gasteiger partial charge in [-0.05, 0) is 25.1 Å². The van der Waals surface area contributed by atoms with Crippen molar-refractivity contribution < 1.29 is 22.7 Å². The number of aromatic nitrogens is 1. The number of amides is 1. The standard InChI is InChI=1S/C16H15Cl2N3O5S/c1-9(15(22)20-14-12(18)7-10(17)8-19-14)26-16(23)11-5-3-4-6-13(11)21-27(2,24)25/h3-9,21H,1-2H3,(H,19,20,22)/t9-/m1/s1. The topological polar surface area (TPSA) is 114 Å². The molecular formula is C16H15Cl2N3O5S. The molecule has 0 aliphatic heterocycles. The third-order valence-electron chi connectivity index (χ3n) is 3.14. The van der Waals surface area contributed by atoms with Crippen molar-refractivity contribution in [2.24, 2.45) is 0 Å². The van der Waals surface area contributed by atoms with Gasteiger partial charge >= 0.3 is 5.97 Å². The van der Waals surface area contributed by atoms with E-state index in [2.05, 4.69) is 15.0 Å². The maximum atomic E-state index is 12.3. The van der Waals surface area contributed by atoms with Crippen LogP contribution in [0.4, 0.5) is 11.5 Å². The van der Waals surface area contributed by atoms with Crippen LogP contribution in [0.15, 0.2) is 36.5 Å². The molecule has 1 atom stereocenters. The highest BCUT2D eigenvalue weighted by molar-refractivity contribution is 7.92. The van der Waals surface area contributed by atoms with Crippen molar-refractivity contribution in [2.75, 3.05) is 16.3 Å². The van der Waals surface area contributed by atoms with Crippen molar-refractivity contribution in [1.29, 1.82) is 0 Å². The Morgan fingerprint density at radius 2 is 1.89 bits per heavy atom. The van der Waals surface area contributed by atoms with Crippen LogP contribution in [-0.2, 0) is 19.6 Å². The van der Waals surface area contributed by atoms with E-state index in [0.29, 0.717) is 5.02 Å². The average Bonchev–Trinajstić information content (AvgIpc) is 2.56. The predicted molar refractivity (Wildman–Crippen MR) is 103 cm³/mol. The van der Waals surface area contributed by atoms with E-state index in [1.807, 2.05) is 0 Å². The summed E-state index contributed by atoms with van der Waals surface area (Å²) >= 11 is 11.7. The highest BCUT2D eigenvalue weighted by atomic mass is 35.5. The van der Waals surface area contributed by atoms with Crippen molar-refractivity contribution >= 4 is 56.6 Å². The number of benzene rings is 1. The quantitative estimate of drug-likeness (QED) is 0.679. The summed E-state index contributed by atoms with van der Waals surface area (Å²) in [6, 6.07) is 7.26. The maximum absolute atomic E-state index is 12.3. The zero-order valence-corrected chi connectivity index (χ0v) is 16.5. The average molecular weight is 432 g/mol. The van der Waals surface area contributed by atoms with Gasteiger partial charge in [-0.3, -0.25) is 9.52 Å². The second-order valence-electron chi connectivity index (χ2n) is 5.44. The Labute approximate surface area is 165 Å². The molecule has 0 unspecified atom stereocenters. The van der Waals surface area contributed by atoms with Gasteiger partial charge in [-0.15, -0.1) is 0 Å². The molecule has 144 valence electrons. The van der Waals surface area contributed by atoms with Crippen molar-refractivity contribution in [3.05, 3.63) is 52.1 Å². The van der Waals surface area contributed by atoms with Crippen LogP contribution in [0, 0.1) is 0 Å². The molecule has 0 saturated heterocycles. The predicted octanol–water partition coefficient (Wildman–Crippen LogP) is 2.94. The largest absolute Gasteiger partial charge is 0.449 e. The van der Waals surface area contributed by atoms with Gasteiger partial charge in [-0.1, -0.05) is 35.3 Å². The Kier molecular flexibility index (Phi) is 6.63. The van der Waals surface area contributed by atoms with E-state index < -0.39 is 28.0 Å². The Bertz CT molecular complexity index is 982. The molecule has 11 heteroatoms. The first-order valence-electron chi connectivity index (χ1n) is 7.46. The fourth-order valence-corrected chi connectivity index (χ4v) is 2.96. The number of halogens is 2. The van der Waals surface area contributed by atoms with Crippen LogP contribution in [0.2, 0.25) is 10.0 Å². The highest BCUT2D eigenvalue weighted by Gasteiger charge is 2.22. The van der Waals surface area contributed by atoms with E-state index in [1.165, 1.54) is 37.4 Å². The van der Waals surface area contributed by atoms with Crippen LogP contribution in [0.3, 0.4) is 0 Å². The number of nitrogens with zero attached hydrogens (tertiary/aromatic N) is 1. The van der Waals surface area contributed by atoms with Gasteiger partial charge in [-0.25, -0.2) is 18.2 Å². The second-order valence-corrected chi connectivity index (χ2v) is 8.03. The van der Waals surface area contributed by atoms with E-state index in [9.17, 15) is 18.0 Å². The van der Waals surface area contributed by atoms with Crippen molar-refractivity contribution in [2.45, 2.75) is 13.0 Å². The van der Waals surface area contributed by atoms with Crippen LogP contribution in [0.5, 0.6) is 0 Å². The van der Waals surface area contributed by atoms with Crippen molar-refractivity contribution in [3.63, 3.8) is 0 Å². The number of anilines is 2. The summed E-state index contributed by atoms with van der Waals surface area (Å²) in [6.45, 7) is 1.35. The number of ether oxygens (including phenoxy) is 1. The Morgan fingerprint density at radius 3 is 2.52 bits per heavy atom. The molecule has 1 aromatic heterocycles. The first kappa shape index (κ1) is 20.9. The molecule has 2 N–H and O–H groups in total. The van der Waals surface area contributed by atoms with Crippen LogP contribution >= 0.6 is 23.2 Å². The van der Waals surface area contributed by atoms with Crippen LogP contribution in [-0.4, -0.2) is 37.6 Å². The molecule has 0 fully saturated rings. The number of hydrogen-bond donors (Lipinski definition) is 2. The third kappa shape index (κ3) is 6.09. The Morgan fingerprint density at radius 1 is 1.22 bits per heavy atom. The summed E-state index contributed by atoms with van der Waals surface area (Å²) in [5.41, 5.74) is 0.00486. The number of sulfonamides is 1. The minimum Gasteiger partial charge on any atom is -0.449 e. The summed E-state index contributed by atoms with van der Waals surface area (Å²) in [5, 5.41) is 2.84. The number of pyridine rings is 1. The molecule has 0 saturated carbocycles. The van der Waals surface area contributed by atoms with Crippen LogP contribution in [0.1, 0.15) is 17.3 Å². The highest BCUT2D eigenvalue weighted by Crippen LogP contribution is 2.23. The summed E-state index contributed by atoms with van der Waals surface area (Å²) < 4.78 is 30.1. The summed E-state index contributed by atoms with van der Waals surface area (Å²) in [6.07, 6.45) is 1.05. The summed E-state index contributed by atoms with van der Waals surface area (Å²) in [5.74, 6) is -1.48. The lowest BCUT2D eigenvalue weighted by Crippen LogP contribution is -2.30. The maximum Gasteiger partial charge on any atom is 0.341 e. The zero-order valence-electron chi connectivity index (χ0n) is 14.2. The van der Waals surface area contributed by atoms with Gasteiger partial charge < -0.3 is 10.1 Å². The molecule has 0 aliphatic rings. The molecule has 0 radical (unpaired) electrons. The molecule has 27 heavy (non-hydrogen) atoms. The monoisotopic (exact) mass is 431 g/mol. The van der Waals surface area contributed by atoms with E-state index in [-0.39, 0.29) is 22.1 Å². The normalized spacial score (nSPS) is 12.1. The lowest BCUT2D eigenvalue weighted by atomic mass is 10.2. The van der Waals surface area contributed by atoms with Crippen LogP contribution in [0.25, 0.3) is 0 Å². The molecule has 0 spiro atoms. The van der Waals surface area contributed by atoms with Crippen molar-refractivity contribution in [1.82, 2.24) is 4.98 Å². The smallest absolute Gasteiger partial charge is 0.341 e. The second kappa shape index (κ2) is 8.55. The van der Waals surface area contributed by atoms with Gasteiger partial charge in [-0.2, -0.15) is 0 Å². The number of rotatable bonds is 6. The Hall–Kier alpha value is -2.36. The Balaban J connectivity index is 2.10. The SMILES string of the molecule is C[C@@H](OC(=O)c1ccccc1NS(C)(=O)=O)C(=O)Nc1ncc(Cl)cc1Cl. The number of carbonyl (C=O) groups is 2. The minimum absolute atomic E-state index is 0.0368. The lowest BCUT2D eigenvalue weighted by molar-refractivity contribution is -0.123. The third-order valence-corrected chi connectivity index (χ3v) is 4.23. The van der Waals surface area contributed by atoms with Gasteiger partial charge in [0.2, 0.25) is 10.0 Å². The van der Waals surface area contributed by atoms with Gasteiger partial charge in [0.1, 0.15) is 0 Å². The van der Waals surface area contributed by atoms with E-state index >= 15 is 0 Å². The lowest BCUT2D eigenvalue weighted by Gasteiger charge is -2.15. The number of hydrogen-bond acceptors (Lipinski definition) is 6. The van der Waals surface area contributed by atoms with Crippen molar-refractivity contribution in [3.8, 4) is 0 Å². The molecule has 0 aliphatic carbocycles. The molecule has 1 aromatic carbocycles.